The predicted octanol–water partition coefficient (Wildman–Crippen LogP) is 1.36. The van der Waals surface area contributed by atoms with Crippen LogP contribution in [-0.4, -0.2) is 83.2 Å². The van der Waals surface area contributed by atoms with Crippen molar-refractivity contribution in [2.45, 2.75) is 24.2 Å². The Labute approximate surface area is 246 Å². The summed E-state index contributed by atoms with van der Waals surface area (Å²) in [5, 5.41) is 29.9. The van der Waals surface area contributed by atoms with Gasteiger partial charge in [0.25, 0.3) is 5.91 Å². The van der Waals surface area contributed by atoms with Gasteiger partial charge in [-0.3, -0.25) is 14.4 Å². The molecule has 0 aliphatic carbocycles. The lowest BCUT2D eigenvalue weighted by atomic mass is 9.85. The molecule has 0 aromatic carbocycles. The molecule has 2 aliphatic rings. The average Bonchev–Trinajstić information content (AvgIpc) is 3.67. The molecule has 1 amide bonds. The Bertz CT molecular complexity index is 1890. The Morgan fingerprint density at radius 2 is 1.98 bits per heavy atom. The Kier molecular flexibility index (Phi) is 6.12. The topological polar surface area (TPSA) is 164 Å². The van der Waals surface area contributed by atoms with E-state index in [1.807, 2.05) is 48.6 Å². The number of nitrogens with two attached hydrogens (primary N) is 1. The fraction of sp³-hybridized carbons (Fsp3) is 0.267. The van der Waals surface area contributed by atoms with Crippen LogP contribution in [0.5, 0.6) is 5.88 Å². The summed E-state index contributed by atoms with van der Waals surface area (Å²) in [6, 6.07) is 11.1. The van der Waals surface area contributed by atoms with Crippen LogP contribution in [0.2, 0.25) is 0 Å². The number of hydrogen-bond acceptors (Lipinski definition) is 10. The number of likely N-dealkylation sites (tertiary alicyclic amines) is 1. The molecule has 5 aromatic rings. The van der Waals surface area contributed by atoms with E-state index in [1.165, 1.54) is 0 Å². The first-order valence-electron chi connectivity index (χ1n) is 13.7. The quantitative estimate of drug-likeness (QED) is 0.289. The molecule has 0 radical (unpaired) electrons. The molecule has 13 heteroatoms. The highest BCUT2D eigenvalue weighted by Gasteiger charge is 2.63. The molecule has 2 aliphatic heterocycles. The summed E-state index contributed by atoms with van der Waals surface area (Å²) in [6.07, 6.45) is 10.6. The summed E-state index contributed by atoms with van der Waals surface area (Å²) in [6.45, 7) is 1.18. The number of β-amino-alcohol motifs (C(OH)–C–C–N with tert-alkyl or cyclic N) is 1. The number of pyridine rings is 3. The maximum Gasteiger partial charge on any atom is 0.252 e. The van der Waals surface area contributed by atoms with Gasteiger partial charge in [0.05, 0.1) is 42.7 Å². The maximum atomic E-state index is 12.5. The zero-order valence-corrected chi connectivity index (χ0v) is 23.5. The van der Waals surface area contributed by atoms with E-state index in [0.29, 0.717) is 35.9 Å². The molecule has 0 spiro atoms. The number of fused-ring (bicyclic) bond motifs is 2. The number of anilines is 1. The number of aryl methyl sites for hydroxylation is 1. The van der Waals surface area contributed by atoms with Crippen molar-refractivity contribution in [3.8, 4) is 34.2 Å². The Hall–Kier alpha value is -5.32. The maximum absolute atomic E-state index is 12.5. The average molecular weight is 577 g/mol. The van der Waals surface area contributed by atoms with Crippen molar-refractivity contribution in [3.05, 3.63) is 78.6 Å². The van der Waals surface area contributed by atoms with E-state index < -0.39 is 17.6 Å². The number of carbonyl (C=O) groups is 1. The molecule has 43 heavy (non-hydrogen) atoms. The third-order valence-corrected chi connectivity index (χ3v) is 8.43. The molecule has 5 aromatic heterocycles. The van der Waals surface area contributed by atoms with Crippen LogP contribution in [0, 0.1) is 11.3 Å². The van der Waals surface area contributed by atoms with Crippen LogP contribution in [0.25, 0.3) is 27.8 Å². The lowest BCUT2D eigenvalue weighted by molar-refractivity contribution is -0.136. The number of aromatic nitrogens is 6. The van der Waals surface area contributed by atoms with Crippen molar-refractivity contribution in [1.82, 2.24) is 34.3 Å². The molecule has 216 valence electrons. The van der Waals surface area contributed by atoms with Gasteiger partial charge in [0.1, 0.15) is 11.9 Å². The van der Waals surface area contributed by atoms with Crippen molar-refractivity contribution < 1.29 is 14.6 Å². The third-order valence-electron chi connectivity index (χ3n) is 8.43. The lowest BCUT2D eigenvalue weighted by Gasteiger charge is -2.50. The van der Waals surface area contributed by atoms with Crippen LogP contribution in [0.1, 0.15) is 11.1 Å². The predicted molar refractivity (Wildman–Crippen MR) is 156 cm³/mol. The fourth-order valence-corrected chi connectivity index (χ4v) is 6.26. The zero-order valence-electron chi connectivity index (χ0n) is 23.5. The highest BCUT2D eigenvalue weighted by Crippen LogP contribution is 2.42. The van der Waals surface area contributed by atoms with Gasteiger partial charge in [-0.2, -0.15) is 15.5 Å². The molecule has 3 N–H and O–H groups in total. The molecule has 1 unspecified atom stereocenters. The molecule has 13 nitrogen and oxygen atoms in total. The van der Waals surface area contributed by atoms with Gasteiger partial charge in [-0.25, -0.2) is 14.5 Å². The highest BCUT2D eigenvalue weighted by atomic mass is 16.5. The molecule has 0 bridgehead atoms. The summed E-state index contributed by atoms with van der Waals surface area (Å²) in [5.74, 6) is 0.368. The molecular weight excluding hydrogens is 548 g/mol. The SMILES string of the molecule is COc1ccc(CN2CC(O)(C(N)=O)[C@H]3[C@@H]2CN3c2ccc(-c3cc(-c4cnn(C)c4)cn4ncc(C#N)c34)cn2)cn1. The van der Waals surface area contributed by atoms with Gasteiger partial charge in [-0.05, 0) is 23.8 Å². The lowest BCUT2D eigenvalue weighted by Crippen LogP contribution is -2.70. The van der Waals surface area contributed by atoms with Crippen LogP contribution in [0.15, 0.2) is 67.5 Å². The summed E-state index contributed by atoms with van der Waals surface area (Å²) in [5.41, 5.74) is 9.47. The first-order valence-corrected chi connectivity index (χ1v) is 13.7. The van der Waals surface area contributed by atoms with Crippen molar-refractivity contribution in [3.63, 3.8) is 0 Å². The van der Waals surface area contributed by atoms with Crippen LogP contribution in [0.4, 0.5) is 5.82 Å². The van der Waals surface area contributed by atoms with E-state index >= 15 is 0 Å². The standard InChI is InChI=1S/C30H28N10O3/c1-37-14-22(12-35-37)20-7-23(27-21(8-31)11-36-40(27)15-20)19-4-5-25(33-10-19)39-16-24-28(39)30(42,29(32)41)17-38(24)13-18-3-6-26(43-2)34-9-18/h3-7,9-12,14-15,24,28,42H,13,16-17H2,1-2H3,(H2,32,41)/t24-,28+,30?/m0/s1. The number of amides is 1. The fourth-order valence-electron chi connectivity index (χ4n) is 6.26. The molecule has 7 heterocycles. The highest BCUT2D eigenvalue weighted by molar-refractivity contribution is 5.88. The number of carbonyl (C=O) groups excluding carboxylic acids is 1. The molecule has 2 saturated heterocycles. The van der Waals surface area contributed by atoms with E-state index in [1.54, 1.807) is 47.2 Å². The Morgan fingerprint density at radius 1 is 1.12 bits per heavy atom. The summed E-state index contributed by atoms with van der Waals surface area (Å²) >= 11 is 0. The zero-order chi connectivity index (χ0) is 29.9. The van der Waals surface area contributed by atoms with Crippen molar-refractivity contribution in [2.75, 3.05) is 25.1 Å². The normalized spacial score (nSPS) is 21.4. The number of nitriles is 1. The third kappa shape index (κ3) is 4.27. The number of rotatable bonds is 7. The second-order valence-electron chi connectivity index (χ2n) is 11.0. The molecular formula is C30H28N10O3. The minimum atomic E-state index is -1.74. The van der Waals surface area contributed by atoms with Crippen LogP contribution in [-0.2, 0) is 18.4 Å². The van der Waals surface area contributed by atoms with E-state index in [-0.39, 0.29) is 12.6 Å². The molecule has 2 fully saturated rings. The van der Waals surface area contributed by atoms with Crippen molar-refractivity contribution in [1.29, 1.82) is 5.26 Å². The van der Waals surface area contributed by atoms with Gasteiger partial charge in [-0.1, -0.05) is 6.07 Å². The number of ether oxygens (including phenoxy) is 1. The van der Waals surface area contributed by atoms with Crippen LogP contribution < -0.4 is 15.4 Å². The van der Waals surface area contributed by atoms with Crippen molar-refractivity contribution >= 4 is 17.2 Å². The summed E-state index contributed by atoms with van der Waals surface area (Å²) < 4.78 is 8.57. The van der Waals surface area contributed by atoms with E-state index in [0.717, 1.165) is 27.8 Å². The van der Waals surface area contributed by atoms with Crippen LogP contribution in [0.3, 0.4) is 0 Å². The number of methoxy groups -OCH3 is 1. The minimum absolute atomic E-state index is 0.0955. The van der Waals surface area contributed by atoms with Crippen molar-refractivity contribution in [2.24, 2.45) is 12.8 Å². The minimum Gasteiger partial charge on any atom is -0.481 e. The Balaban J connectivity index is 1.19. The van der Waals surface area contributed by atoms with Gasteiger partial charge in [0, 0.05) is 79.8 Å². The van der Waals surface area contributed by atoms with E-state index in [2.05, 4.69) is 26.2 Å². The Morgan fingerprint density at radius 3 is 2.63 bits per heavy atom. The number of aliphatic hydroxyl groups is 1. The number of primary amides is 1. The van der Waals surface area contributed by atoms with Gasteiger partial charge in [0.15, 0.2) is 5.60 Å². The molecule has 0 saturated carbocycles. The van der Waals surface area contributed by atoms with Crippen LogP contribution >= 0.6 is 0 Å². The molecule has 7 rings (SSSR count). The summed E-state index contributed by atoms with van der Waals surface area (Å²) in [7, 11) is 3.41. The first kappa shape index (κ1) is 26.6. The monoisotopic (exact) mass is 576 g/mol. The number of hydrogen-bond donors (Lipinski definition) is 2. The molecule has 3 atom stereocenters. The smallest absolute Gasteiger partial charge is 0.252 e. The summed E-state index contributed by atoms with van der Waals surface area (Å²) in [4.78, 5) is 25.5. The van der Waals surface area contributed by atoms with Gasteiger partial charge >= 0.3 is 0 Å². The number of nitrogens with zero attached hydrogens (tertiary/aromatic N) is 9. The second kappa shape index (κ2) is 9.90. The van der Waals surface area contributed by atoms with E-state index in [4.69, 9.17) is 15.5 Å². The second-order valence-corrected chi connectivity index (χ2v) is 11.0. The van der Waals surface area contributed by atoms with E-state index in [9.17, 15) is 15.2 Å². The first-order chi connectivity index (χ1) is 20.8. The van der Waals surface area contributed by atoms with Gasteiger partial charge in [0.2, 0.25) is 5.88 Å². The van der Waals surface area contributed by atoms with Gasteiger partial charge < -0.3 is 20.5 Å². The van der Waals surface area contributed by atoms with Gasteiger partial charge in [-0.15, -0.1) is 0 Å². The largest absolute Gasteiger partial charge is 0.481 e.